The molecule has 0 aliphatic carbocycles. The molecule has 3 heterocycles. The Morgan fingerprint density at radius 1 is 0.606 bits per heavy atom. The summed E-state index contributed by atoms with van der Waals surface area (Å²) in [4.78, 5) is 9.51. The number of pyridine rings is 2. The molecule has 0 spiro atoms. The number of benzene rings is 4. The van der Waals surface area contributed by atoms with Crippen molar-refractivity contribution in [3.8, 4) is 22.4 Å². The van der Waals surface area contributed by atoms with Crippen molar-refractivity contribution in [3.63, 3.8) is 0 Å². The molecular weight excluding hydrogens is 404 g/mol. The molecule has 7 aromatic rings. The van der Waals surface area contributed by atoms with Crippen molar-refractivity contribution in [2.75, 3.05) is 0 Å². The quantitative estimate of drug-likeness (QED) is 0.265. The summed E-state index contributed by atoms with van der Waals surface area (Å²) in [5, 5.41) is 5.64. The first-order valence-corrected chi connectivity index (χ1v) is 11.0. The molecule has 0 saturated carbocycles. The van der Waals surface area contributed by atoms with E-state index in [1.807, 2.05) is 36.5 Å². The molecule has 0 radical (unpaired) electrons. The summed E-state index contributed by atoms with van der Waals surface area (Å²) < 4.78 is 6.49. The number of aromatic nitrogens is 2. The Morgan fingerprint density at radius 3 is 2.21 bits per heavy atom. The Bertz CT molecular complexity index is 1760. The zero-order valence-corrected chi connectivity index (χ0v) is 17.7. The summed E-state index contributed by atoms with van der Waals surface area (Å²) >= 11 is 0. The maximum Gasteiger partial charge on any atom is 0.143 e. The van der Waals surface area contributed by atoms with E-state index in [4.69, 9.17) is 9.40 Å². The number of rotatable bonds is 2. The van der Waals surface area contributed by atoms with Crippen LogP contribution in [0.1, 0.15) is 0 Å². The number of para-hydroxylation sites is 2. The number of furan rings is 1. The van der Waals surface area contributed by atoms with E-state index in [1.165, 1.54) is 5.39 Å². The second-order valence-corrected chi connectivity index (χ2v) is 8.23. The van der Waals surface area contributed by atoms with Gasteiger partial charge < -0.3 is 4.42 Å². The van der Waals surface area contributed by atoms with Gasteiger partial charge in [-0.25, -0.2) is 4.98 Å². The molecule has 0 amide bonds. The fourth-order valence-electron chi connectivity index (χ4n) is 4.88. The molecule has 3 heteroatoms. The Morgan fingerprint density at radius 2 is 1.36 bits per heavy atom. The van der Waals surface area contributed by atoms with Gasteiger partial charge in [0.15, 0.2) is 0 Å². The molecule has 33 heavy (non-hydrogen) atoms. The minimum absolute atomic E-state index is 0.882. The van der Waals surface area contributed by atoms with Crippen molar-refractivity contribution in [2.24, 2.45) is 0 Å². The van der Waals surface area contributed by atoms with Crippen LogP contribution in [0.5, 0.6) is 0 Å². The Hall–Kier alpha value is -4.50. The monoisotopic (exact) mass is 422 g/mol. The first kappa shape index (κ1) is 18.1. The minimum atomic E-state index is 0.882. The lowest BCUT2D eigenvalue weighted by Gasteiger charge is -2.13. The molecule has 0 unspecified atom stereocenters. The lowest BCUT2D eigenvalue weighted by atomic mass is 9.92. The highest BCUT2D eigenvalue weighted by Crippen LogP contribution is 2.45. The molecule has 4 aromatic carbocycles. The normalized spacial score (nSPS) is 11.6. The first-order valence-electron chi connectivity index (χ1n) is 11.0. The molecule has 0 aliphatic heterocycles. The molecule has 0 N–H and O–H groups in total. The summed E-state index contributed by atoms with van der Waals surface area (Å²) in [6, 6.07) is 33.3. The smallest absolute Gasteiger partial charge is 0.143 e. The molecule has 7 rings (SSSR count). The number of nitrogens with zero attached hydrogens (tertiary/aromatic N) is 2. The molecule has 0 fully saturated rings. The molecular formula is C30H18N2O. The van der Waals surface area contributed by atoms with Crippen molar-refractivity contribution in [2.45, 2.75) is 0 Å². The lowest BCUT2D eigenvalue weighted by Crippen LogP contribution is -1.92. The Kier molecular flexibility index (Phi) is 3.84. The van der Waals surface area contributed by atoms with Gasteiger partial charge in [0.05, 0.1) is 11.2 Å². The van der Waals surface area contributed by atoms with Crippen LogP contribution in [0.3, 0.4) is 0 Å². The molecule has 154 valence electrons. The molecule has 3 nitrogen and oxygen atoms in total. The van der Waals surface area contributed by atoms with E-state index in [2.05, 4.69) is 71.7 Å². The fraction of sp³-hybridized carbons (Fsp3) is 0. The van der Waals surface area contributed by atoms with Crippen molar-refractivity contribution in [1.29, 1.82) is 0 Å². The van der Waals surface area contributed by atoms with Crippen molar-refractivity contribution >= 4 is 43.6 Å². The maximum atomic E-state index is 6.49. The van der Waals surface area contributed by atoms with Crippen LogP contribution in [-0.4, -0.2) is 9.97 Å². The maximum absolute atomic E-state index is 6.49. The molecule has 0 atom stereocenters. The van der Waals surface area contributed by atoms with Gasteiger partial charge in [0.25, 0.3) is 0 Å². The second kappa shape index (κ2) is 7.01. The average molecular weight is 422 g/mol. The van der Waals surface area contributed by atoms with E-state index < -0.39 is 0 Å². The highest BCUT2D eigenvalue weighted by molar-refractivity contribution is 6.30. The second-order valence-electron chi connectivity index (χ2n) is 8.23. The first-order chi connectivity index (χ1) is 16.4. The van der Waals surface area contributed by atoms with E-state index in [-0.39, 0.29) is 0 Å². The lowest BCUT2D eigenvalue weighted by molar-refractivity contribution is 0.670. The third-order valence-corrected chi connectivity index (χ3v) is 6.33. The summed E-state index contributed by atoms with van der Waals surface area (Å²) in [5.74, 6) is 0. The summed E-state index contributed by atoms with van der Waals surface area (Å²) in [7, 11) is 0. The molecule has 0 bridgehead atoms. The van der Waals surface area contributed by atoms with Crippen LogP contribution in [0, 0.1) is 0 Å². The standard InChI is InChI=1S/C30H18N2O/c1-2-9-19(10-3-1)29-24-17-23(20-11-8-16-31-18-20)30-28(22-13-5-7-15-26(22)33-30)27(24)21-12-4-6-14-25(21)32-29/h1-18H. The van der Waals surface area contributed by atoms with Crippen molar-refractivity contribution in [3.05, 3.63) is 109 Å². The van der Waals surface area contributed by atoms with Gasteiger partial charge in [-0.15, -0.1) is 0 Å². The molecule has 0 aliphatic rings. The van der Waals surface area contributed by atoms with Gasteiger partial charge in [-0.3, -0.25) is 4.98 Å². The van der Waals surface area contributed by atoms with Crippen molar-refractivity contribution < 1.29 is 4.42 Å². The summed E-state index contributed by atoms with van der Waals surface area (Å²) in [5.41, 5.74) is 6.86. The van der Waals surface area contributed by atoms with E-state index in [1.54, 1.807) is 6.20 Å². The highest BCUT2D eigenvalue weighted by Gasteiger charge is 2.20. The van der Waals surface area contributed by atoms with Crippen LogP contribution >= 0.6 is 0 Å². The van der Waals surface area contributed by atoms with Crippen molar-refractivity contribution in [1.82, 2.24) is 9.97 Å². The van der Waals surface area contributed by atoms with Gasteiger partial charge in [0, 0.05) is 56.0 Å². The highest BCUT2D eigenvalue weighted by atomic mass is 16.3. The van der Waals surface area contributed by atoms with Gasteiger partial charge in [0.1, 0.15) is 11.2 Å². The molecule has 0 saturated heterocycles. The van der Waals surface area contributed by atoms with Gasteiger partial charge in [-0.2, -0.15) is 0 Å². The Balaban J connectivity index is 1.79. The summed E-state index contributed by atoms with van der Waals surface area (Å²) in [6.45, 7) is 0. The Labute approximate surface area is 190 Å². The summed E-state index contributed by atoms with van der Waals surface area (Å²) in [6.07, 6.45) is 3.69. The van der Waals surface area contributed by atoms with E-state index in [0.717, 1.165) is 60.6 Å². The molecule has 3 aromatic heterocycles. The van der Waals surface area contributed by atoms with E-state index in [9.17, 15) is 0 Å². The average Bonchev–Trinajstić information content (AvgIpc) is 3.28. The number of hydrogen-bond donors (Lipinski definition) is 0. The van der Waals surface area contributed by atoms with E-state index >= 15 is 0 Å². The van der Waals surface area contributed by atoms with Crippen LogP contribution < -0.4 is 0 Å². The van der Waals surface area contributed by atoms with Gasteiger partial charge in [0.2, 0.25) is 0 Å². The van der Waals surface area contributed by atoms with E-state index in [0.29, 0.717) is 0 Å². The predicted molar refractivity (Wildman–Crippen MR) is 135 cm³/mol. The van der Waals surface area contributed by atoms with Gasteiger partial charge in [-0.1, -0.05) is 72.8 Å². The third-order valence-electron chi connectivity index (χ3n) is 6.33. The third kappa shape index (κ3) is 2.69. The number of hydrogen-bond acceptors (Lipinski definition) is 3. The van der Waals surface area contributed by atoms with Crippen LogP contribution in [0.15, 0.2) is 114 Å². The topological polar surface area (TPSA) is 38.9 Å². The van der Waals surface area contributed by atoms with Crippen LogP contribution in [0.4, 0.5) is 0 Å². The number of fused-ring (bicyclic) bond motifs is 7. The van der Waals surface area contributed by atoms with Crippen LogP contribution in [0.25, 0.3) is 66.0 Å². The fourth-order valence-corrected chi connectivity index (χ4v) is 4.88. The van der Waals surface area contributed by atoms with Crippen LogP contribution in [0.2, 0.25) is 0 Å². The zero-order valence-electron chi connectivity index (χ0n) is 17.7. The largest absolute Gasteiger partial charge is 0.455 e. The van der Waals surface area contributed by atoms with Crippen LogP contribution in [-0.2, 0) is 0 Å². The minimum Gasteiger partial charge on any atom is -0.455 e. The zero-order chi connectivity index (χ0) is 21.8. The SMILES string of the molecule is c1ccc(-c2nc3ccccc3c3c2cc(-c2cccnc2)c2oc4ccccc4c23)cc1. The van der Waals surface area contributed by atoms with Gasteiger partial charge >= 0.3 is 0 Å². The van der Waals surface area contributed by atoms with Gasteiger partial charge in [-0.05, 0) is 24.3 Å². The predicted octanol–water partition coefficient (Wildman–Crippen LogP) is 8.02.